The van der Waals surface area contributed by atoms with Gasteiger partial charge < -0.3 is 0 Å². The molecule has 0 aliphatic rings. The summed E-state index contributed by atoms with van der Waals surface area (Å²) in [6.07, 6.45) is 0. The van der Waals surface area contributed by atoms with Gasteiger partial charge >= 0.3 is 0 Å². The lowest BCUT2D eigenvalue weighted by molar-refractivity contribution is 0.504. The van der Waals surface area contributed by atoms with Crippen molar-refractivity contribution in [3.8, 4) is 0 Å². The predicted octanol–water partition coefficient (Wildman–Crippen LogP) is 2.52. The van der Waals surface area contributed by atoms with Crippen LogP contribution in [0.4, 0.5) is 14.7 Å². The Hall–Kier alpha value is -1.80. The van der Waals surface area contributed by atoms with Gasteiger partial charge in [0.2, 0.25) is 5.95 Å². The third kappa shape index (κ3) is 3.20. The van der Waals surface area contributed by atoms with Gasteiger partial charge in [0, 0.05) is 5.69 Å². The van der Waals surface area contributed by atoms with Gasteiger partial charge in [0.1, 0.15) is 5.15 Å². The molecule has 1 aromatic heterocycles. The minimum absolute atomic E-state index is 0.0560. The van der Waals surface area contributed by atoms with E-state index < -0.39 is 26.6 Å². The second-order valence-electron chi connectivity index (χ2n) is 3.84. The third-order valence-electron chi connectivity index (χ3n) is 2.25. The Morgan fingerprint density at radius 1 is 1.15 bits per heavy atom. The molecule has 0 amide bonds. The molecule has 0 saturated heterocycles. The summed E-state index contributed by atoms with van der Waals surface area (Å²) in [5.74, 6) is -2.66. The van der Waals surface area contributed by atoms with Crippen molar-refractivity contribution in [2.24, 2.45) is 0 Å². The van der Waals surface area contributed by atoms with Gasteiger partial charge in [0.05, 0.1) is 4.90 Å². The topological polar surface area (TPSA) is 72.0 Å². The summed E-state index contributed by atoms with van der Waals surface area (Å²) < 4.78 is 51.8. The molecule has 1 heterocycles. The van der Waals surface area contributed by atoms with Crippen LogP contribution in [0, 0.1) is 18.6 Å². The molecule has 5 nitrogen and oxygen atoms in total. The van der Waals surface area contributed by atoms with Crippen molar-refractivity contribution in [3.63, 3.8) is 0 Å². The summed E-state index contributed by atoms with van der Waals surface area (Å²) in [6.45, 7) is 1.60. The van der Waals surface area contributed by atoms with Crippen LogP contribution in [-0.2, 0) is 10.0 Å². The number of rotatable bonds is 3. The average Bonchev–Trinajstić information content (AvgIpc) is 2.30. The molecule has 2 rings (SSSR count). The highest BCUT2D eigenvalue weighted by atomic mass is 35.5. The van der Waals surface area contributed by atoms with Crippen LogP contribution in [0.25, 0.3) is 0 Å². The molecule has 0 unspecified atom stereocenters. The van der Waals surface area contributed by atoms with Gasteiger partial charge in [0.25, 0.3) is 10.0 Å². The monoisotopic (exact) mass is 319 g/mol. The quantitative estimate of drug-likeness (QED) is 0.882. The fourth-order valence-electron chi connectivity index (χ4n) is 1.40. The van der Waals surface area contributed by atoms with Crippen molar-refractivity contribution in [2.75, 3.05) is 4.72 Å². The summed E-state index contributed by atoms with van der Waals surface area (Å²) in [4.78, 5) is 7.07. The summed E-state index contributed by atoms with van der Waals surface area (Å²) in [5.41, 5.74) is 0.452. The van der Waals surface area contributed by atoms with E-state index in [-0.39, 0.29) is 11.1 Å². The zero-order valence-electron chi connectivity index (χ0n) is 10.1. The molecule has 20 heavy (non-hydrogen) atoms. The standard InChI is InChI=1S/C11H8ClF2N3O2S/c1-6-4-10(12)16-11(15-6)17-20(18,19)7-2-3-8(13)9(14)5-7/h2-5H,1H3,(H,15,16,17). The molecule has 0 aliphatic carbocycles. The number of nitrogens with zero attached hydrogens (tertiary/aromatic N) is 2. The van der Waals surface area contributed by atoms with Crippen LogP contribution >= 0.6 is 11.6 Å². The zero-order chi connectivity index (χ0) is 14.9. The van der Waals surface area contributed by atoms with Gasteiger partial charge in [-0.25, -0.2) is 31.9 Å². The first-order valence-electron chi connectivity index (χ1n) is 5.27. The highest BCUT2D eigenvalue weighted by molar-refractivity contribution is 7.92. The lowest BCUT2D eigenvalue weighted by Crippen LogP contribution is -2.15. The number of aromatic nitrogens is 2. The SMILES string of the molecule is Cc1cc(Cl)nc(NS(=O)(=O)c2ccc(F)c(F)c2)n1. The third-order valence-corrected chi connectivity index (χ3v) is 3.77. The maximum absolute atomic E-state index is 13.1. The molecule has 9 heteroatoms. The Bertz CT molecular complexity index is 748. The van der Waals surface area contributed by atoms with Gasteiger partial charge in [-0.3, -0.25) is 0 Å². The van der Waals surface area contributed by atoms with Crippen molar-refractivity contribution >= 4 is 27.6 Å². The highest BCUT2D eigenvalue weighted by Gasteiger charge is 2.18. The Labute approximate surface area is 118 Å². The van der Waals surface area contributed by atoms with E-state index in [9.17, 15) is 17.2 Å². The number of benzene rings is 1. The summed E-state index contributed by atoms with van der Waals surface area (Å²) >= 11 is 5.68. The molecule has 0 fully saturated rings. The van der Waals surface area contributed by atoms with Crippen LogP contribution in [0.15, 0.2) is 29.2 Å². The van der Waals surface area contributed by atoms with E-state index in [1.807, 2.05) is 4.72 Å². The fourth-order valence-corrected chi connectivity index (χ4v) is 2.59. The first-order valence-corrected chi connectivity index (χ1v) is 7.13. The van der Waals surface area contributed by atoms with Crippen molar-refractivity contribution in [2.45, 2.75) is 11.8 Å². The fraction of sp³-hybridized carbons (Fsp3) is 0.0909. The van der Waals surface area contributed by atoms with E-state index in [1.165, 1.54) is 6.07 Å². The van der Waals surface area contributed by atoms with Gasteiger partial charge in [-0.05, 0) is 31.2 Å². The first kappa shape index (κ1) is 14.6. The van der Waals surface area contributed by atoms with E-state index in [0.717, 1.165) is 6.07 Å². The highest BCUT2D eigenvalue weighted by Crippen LogP contribution is 2.17. The summed E-state index contributed by atoms with van der Waals surface area (Å²) in [6, 6.07) is 3.65. The minimum Gasteiger partial charge on any atom is -0.247 e. The lowest BCUT2D eigenvalue weighted by atomic mass is 10.3. The Morgan fingerprint density at radius 2 is 1.85 bits per heavy atom. The van der Waals surface area contributed by atoms with Crippen molar-refractivity contribution in [3.05, 3.63) is 46.7 Å². The second-order valence-corrected chi connectivity index (χ2v) is 5.91. The molecule has 2 aromatic rings. The first-order chi connectivity index (χ1) is 9.28. The number of anilines is 1. The molecule has 0 spiro atoms. The summed E-state index contributed by atoms with van der Waals surface area (Å²) in [5, 5.41) is 0.0560. The van der Waals surface area contributed by atoms with Gasteiger partial charge in [-0.2, -0.15) is 0 Å². The van der Waals surface area contributed by atoms with E-state index in [0.29, 0.717) is 17.8 Å². The van der Waals surface area contributed by atoms with Gasteiger partial charge in [0.15, 0.2) is 11.6 Å². The van der Waals surface area contributed by atoms with E-state index in [2.05, 4.69) is 9.97 Å². The van der Waals surface area contributed by atoms with Crippen LogP contribution in [0.1, 0.15) is 5.69 Å². The Morgan fingerprint density at radius 3 is 2.45 bits per heavy atom. The Balaban J connectivity index is 2.37. The molecule has 0 saturated carbocycles. The van der Waals surface area contributed by atoms with E-state index in [1.54, 1.807) is 6.92 Å². The number of hydrogen-bond donors (Lipinski definition) is 1. The lowest BCUT2D eigenvalue weighted by Gasteiger charge is -2.07. The smallest absolute Gasteiger partial charge is 0.247 e. The van der Waals surface area contributed by atoms with Crippen molar-refractivity contribution in [1.29, 1.82) is 0 Å². The number of aryl methyl sites for hydroxylation is 1. The number of hydrogen-bond acceptors (Lipinski definition) is 4. The van der Waals surface area contributed by atoms with Crippen LogP contribution in [0.2, 0.25) is 5.15 Å². The molecule has 0 bridgehead atoms. The molecular weight excluding hydrogens is 312 g/mol. The molecule has 1 aromatic carbocycles. The molecule has 1 N–H and O–H groups in total. The maximum atomic E-state index is 13.1. The van der Waals surface area contributed by atoms with Crippen molar-refractivity contribution < 1.29 is 17.2 Å². The van der Waals surface area contributed by atoms with Crippen LogP contribution in [0.3, 0.4) is 0 Å². The maximum Gasteiger partial charge on any atom is 0.264 e. The van der Waals surface area contributed by atoms with Crippen molar-refractivity contribution in [1.82, 2.24) is 9.97 Å². The Kier molecular flexibility index (Phi) is 3.87. The van der Waals surface area contributed by atoms with Crippen LogP contribution in [0.5, 0.6) is 0 Å². The van der Waals surface area contributed by atoms with Gasteiger partial charge in [-0.1, -0.05) is 11.6 Å². The average molecular weight is 320 g/mol. The van der Waals surface area contributed by atoms with E-state index in [4.69, 9.17) is 11.6 Å². The van der Waals surface area contributed by atoms with E-state index >= 15 is 0 Å². The van der Waals surface area contributed by atoms with Gasteiger partial charge in [-0.15, -0.1) is 0 Å². The number of sulfonamides is 1. The largest absolute Gasteiger partial charge is 0.264 e. The predicted molar refractivity (Wildman–Crippen MR) is 68.9 cm³/mol. The zero-order valence-corrected chi connectivity index (χ0v) is 11.6. The summed E-state index contributed by atoms with van der Waals surface area (Å²) in [7, 11) is -4.13. The molecule has 0 radical (unpaired) electrons. The molecule has 0 aliphatic heterocycles. The molecule has 0 atom stereocenters. The second kappa shape index (κ2) is 5.29. The van der Waals surface area contributed by atoms with Crippen LogP contribution in [-0.4, -0.2) is 18.4 Å². The molecular formula is C11H8ClF2N3O2S. The number of halogens is 3. The van der Waals surface area contributed by atoms with Crippen LogP contribution < -0.4 is 4.72 Å². The normalized spacial score (nSPS) is 11.4. The molecule has 106 valence electrons. The minimum atomic E-state index is -4.13. The number of nitrogens with one attached hydrogen (secondary N) is 1.